The SMILES string of the molecule is Fc1cccc(F)c1-n1nc(-c2cn[nH]c2)c2c1C(Cl)=CNC2. The van der Waals surface area contributed by atoms with Gasteiger partial charge in [-0.1, -0.05) is 17.7 Å². The number of H-pyrrole nitrogens is 1. The highest BCUT2D eigenvalue weighted by atomic mass is 35.5. The molecule has 3 heterocycles. The van der Waals surface area contributed by atoms with Crippen molar-refractivity contribution in [3.8, 4) is 16.9 Å². The van der Waals surface area contributed by atoms with E-state index in [9.17, 15) is 8.78 Å². The van der Waals surface area contributed by atoms with Gasteiger partial charge in [0.15, 0.2) is 11.6 Å². The van der Waals surface area contributed by atoms with Crippen LogP contribution >= 0.6 is 11.6 Å². The highest BCUT2D eigenvalue weighted by Crippen LogP contribution is 2.35. The van der Waals surface area contributed by atoms with Gasteiger partial charge in [-0.05, 0) is 12.1 Å². The fourth-order valence-corrected chi connectivity index (χ4v) is 2.91. The molecule has 1 aromatic carbocycles. The number of hydrogen-bond acceptors (Lipinski definition) is 3. The summed E-state index contributed by atoms with van der Waals surface area (Å²) >= 11 is 6.25. The first-order valence-electron chi connectivity index (χ1n) is 6.81. The first-order valence-corrected chi connectivity index (χ1v) is 7.19. The lowest BCUT2D eigenvalue weighted by Crippen LogP contribution is -2.14. The van der Waals surface area contributed by atoms with Crippen LogP contribution in [0.5, 0.6) is 0 Å². The van der Waals surface area contributed by atoms with Crippen LogP contribution in [0.3, 0.4) is 0 Å². The monoisotopic (exact) mass is 333 g/mol. The second-order valence-corrected chi connectivity index (χ2v) is 5.43. The normalized spacial score (nSPS) is 13.4. The molecule has 0 bridgehead atoms. The maximum absolute atomic E-state index is 14.2. The molecular weight excluding hydrogens is 324 g/mol. The standard InChI is InChI=1S/C15H10ClF2N5/c16-10-7-19-6-9-13(8-4-20-21-5-8)22-23(14(9)10)15-11(17)2-1-3-12(15)18/h1-5,7,19H,6H2,(H,20,21). The van der Waals surface area contributed by atoms with Crippen molar-refractivity contribution in [2.45, 2.75) is 6.54 Å². The molecule has 2 N–H and O–H groups in total. The van der Waals surface area contributed by atoms with Crippen LogP contribution in [-0.4, -0.2) is 20.0 Å². The Bertz CT molecular complexity index is 894. The molecule has 0 radical (unpaired) electrons. The molecular formula is C15H10ClF2N5. The Balaban J connectivity index is 2.04. The molecule has 0 saturated carbocycles. The van der Waals surface area contributed by atoms with Gasteiger partial charge in [0.2, 0.25) is 0 Å². The molecule has 0 saturated heterocycles. The lowest BCUT2D eigenvalue weighted by atomic mass is 10.1. The van der Waals surface area contributed by atoms with Gasteiger partial charge in [0, 0.05) is 30.1 Å². The third kappa shape index (κ3) is 2.12. The highest BCUT2D eigenvalue weighted by molar-refractivity contribution is 6.48. The summed E-state index contributed by atoms with van der Waals surface area (Å²) < 4.78 is 29.6. The smallest absolute Gasteiger partial charge is 0.151 e. The van der Waals surface area contributed by atoms with Crippen molar-refractivity contribution < 1.29 is 8.78 Å². The molecule has 8 heteroatoms. The summed E-state index contributed by atoms with van der Waals surface area (Å²) in [5.74, 6) is -1.42. The first-order chi connectivity index (χ1) is 11.2. The van der Waals surface area contributed by atoms with E-state index < -0.39 is 11.6 Å². The molecule has 1 aliphatic heterocycles. The lowest BCUT2D eigenvalue weighted by molar-refractivity contribution is 0.559. The maximum atomic E-state index is 14.2. The zero-order valence-corrected chi connectivity index (χ0v) is 12.4. The van der Waals surface area contributed by atoms with Crippen molar-refractivity contribution in [1.82, 2.24) is 25.3 Å². The fraction of sp³-hybridized carbons (Fsp3) is 0.0667. The summed E-state index contributed by atoms with van der Waals surface area (Å²) in [6.07, 6.45) is 4.84. The average molecular weight is 334 g/mol. The quantitative estimate of drug-likeness (QED) is 0.757. The van der Waals surface area contributed by atoms with Crippen molar-refractivity contribution in [1.29, 1.82) is 0 Å². The minimum atomic E-state index is -0.711. The van der Waals surface area contributed by atoms with Crippen LogP contribution in [0.4, 0.5) is 8.78 Å². The van der Waals surface area contributed by atoms with E-state index in [0.717, 1.165) is 5.56 Å². The van der Waals surface area contributed by atoms with E-state index in [1.807, 2.05) is 0 Å². The summed E-state index contributed by atoms with van der Waals surface area (Å²) in [5, 5.41) is 14.3. The number of nitrogens with one attached hydrogen (secondary N) is 2. The molecule has 0 aliphatic carbocycles. The molecule has 0 spiro atoms. The van der Waals surface area contributed by atoms with Crippen LogP contribution in [0.1, 0.15) is 11.3 Å². The van der Waals surface area contributed by atoms with Gasteiger partial charge in [-0.25, -0.2) is 13.5 Å². The minimum Gasteiger partial charge on any atom is -0.385 e. The van der Waals surface area contributed by atoms with Gasteiger partial charge in [-0.3, -0.25) is 5.10 Å². The van der Waals surface area contributed by atoms with Crippen LogP contribution in [0.15, 0.2) is 36.8 Å². The van der Waals surface area contributed by atoms with Gasteiger partial charge >= 0.3 is 0 Å². The number of fused-ring (bicyclic) bond motifs is 1. The van der Waals surface area contributed by atoms with E-state index in [-0.39, 0.29) is 5.69 Å². The summed E-state index contributed by atoms with van der Waals surface area (Å²) in [6, 6.07) is 3.67. The van der Waals surface area contributed by atoms with E-state index in [0.29, 0.717) is 28.5 Å². The number of aromatic amines is 1. The second-order valence-electron chi connectivity index (χ2n) is 5.02. The molecule has 2 aromatic heterocycles. The molecule has 23 heavy (non-hydrogen) atoms. The number of aromatic nitrogens is 4. The van der Waals surface area contributed by atoms with Crippen LogP contribution in [0.2, 0.25) is 0 Å². The van der Waals surface area contributed by atoms with Gasteiger partial charge < -0.3 is 5.32 Å². The van der Waals surface area contributed by atoms with Gasteiger partial charge in [0.1, 0.15) is 11.4 Å². The third-order valence-corrected chi connectivity index (χ3v) is 3.93. The maximum Gasteiger partial charge on any atom is 0.151 e. The zero-order valence-electron chi connectivity index (χ0n) is 11.6. The van der Waals surface area contributed by atoms with E-state index >= 15 is 0 Å². The van der Waals surface area contributed by atoms with Gasteiger partial charge in [0.05, 0.1) is 16.9 Å². The number of rotatable bonds is 2. The van der Waals surface area contributed by atoms with Gasteiger partial charge in [-0.2, -0.15) is 10.2 Å². The van der Waals surface area contributed by atoms with Crippen molar-refractivity contribution in [3.63, 3.8) is 0 Å². The minimum absolute atomic E-state index is 0.257. The van der Waals surface area contributed by atoms with Crippen molar-refractivity contribution in [2.75, 3.05) is 0 Å². The summed E-state index contributed by atoms with van der Waals surface area (Å²) in [5.41, 5.74) is 2.24. The van der Waals surface area contributed by atoms with Crippen LogP contribution in [0, 0.1) is 11.6 Å². The third-order valence-electron chi connectivity index (χ3n) is 3.64. The molecule has 0 atom stereocenters. The summed E-state index contributed by atoms with van der Waals surface area (Å²) in [7, 11) is 0. The van der Waals surface area contributed by atoms with Crippen LogP contribution in [0.25, 0.3) is 22.0 Å². The highest BCUT2D eigenvalue weighted by Gasteiger charge is 2.27. The average Bonchev–Trinajstić information content (AvgIpc) is 3.15. The Morgan fingerprint density at radius 3 is 2.70 bits per heavy atom. The Morgan fingerprint density at radius 2 is 2.00 bits per heavy atom. The lowest BCUT2D eigenvalue weighted by Gasteiger charge is -2.14. The number of para-hydroxylation sites is 1. The topological polar surface area (TPSA) is 58.5 Å². The zero-order chi connectivity index (χ0) is 16.0. The number of hydrogen-bond donors (Lipinski definition) is 2. The molecule has 4 rings (SSSR count). The number of nitrogens with zero attached hydrogens (tertiary/aromatic N) is 3. The number of benzene rings is 1. The first kappa shape index (κ1) is 14.0. The van der Waals surface area contributed by atoms with Crippen molar-refractivity contribution in [2.24, 2.45) is 0 Å². The van der Waals surface area contributed by atoms with E-state index in [1.165, 1.54) is 22.9 Å². The Kier molecular flexibility index (Phi) is 3.16. The predicted molar refractivity (Wildman–Crippen MR) is 81.7 cm³/mol. The van der Waals surface area contributed by atoms with Gasteiger partial charge in [-0.15, -0.1) is 0 Å². The van der Waals surface area contributed by atoms with Gasteiger partial charge in [0.25, 0.3) is 0 Å². The summed E-state index contributed by atoms with van der Waals surface area (Å²) in [4.78, 5) is 0. The number of halogens is 3. The molecule has 5 nitrogen and oxygen atoms in total. The largest absolute Gasteiger partial charge is 0.385 e. The van der Waals surface area contributed by atoms with E-state index in [2.05, 4.69) is 20.6 Å². The Labute approximate surface area is 134 Å². The van der Waals surface area contributed by atoms with E-state index in [4.69, 9.17) is 11.6 Å². The molecule has 116 valence electrons. The molecule has 3 aromatic rings. The summed E-state index contributed by atoms with van der Waals surface area (Å²) in [6.45, 7) is 0.447. The molecule has 0 amide bonds. The predicted octanol–water partition coefficient (Wildman–Crippen LogP) is 3.18. The molecule has 1 aliphatic rings. The van der Waals surface area contributed by atoms with Crippen LogP contribution < -0.4 is 5.32 Å². The second kappa shape index (κ2) is 5.20. The fourth-order valence-electron chi connectivity index (χ4n) is 2.64. The molecule has 0 fully saturated rings. The van der Waals surface area contributed by atoms with Crippen molar-refractivity contribution >= 4 is 16.6 Å². The Hall–Kier alpha value is -2.67. The van der Waals surface area contributed by atoms with Crippen LogP contribution in [-0.2, 0) is 6.54 Å². The van der Waals surface area contributed by atoms with E-state index in [1.54, 1.807) is 18.6 Å². The Morgan fingerprint density at radius 1 is 1.22 bits per heavy atom. The molecule has 0 unspecified atom stereocenters. The van der Waals surface area contributed by atoms with Crippen molar-refractivity contribution in [3.05, 3.63) is 59.7 Å².